The monoisotopic (exact) mass is 279 g/mol. The number of nitrogens with zero attached hydrogens (tertiary/aromatic N) is 4. The molecule has 0 aliphatic rings. The molecular weight excluding hydrogens is 262 g/mol. The molecule has 5 heteroatoms. The summed E-state index contributed by atoms with van der Waals surface area (Å²) in [5.41, 5.74) is 4.18. The van der Waals surface area contributed by atoms with Crippen LogP contribution in [0, 0.1) is 6.92 Å². The minimum absolute atomic E-state index is 0.724. The van der Waals surface area contributed by atoms with Crippen LogP contribution in [0.2, 0.25) is 0 Å². The Morgan fingerprint density at radius 3 is 2.52 bits per heavy atom. The van der Waals surface area contributed by atoms with Crippen LogP contribution in [0.5, 0.6) is 0 Å². The van der Waals surface area contributed by atoms with E-state index >= 15 is 0 Å². The van der Waals surface area contributed by atoms with Crippen LogP contribution in [0.25, 0.3) is 17.1 Å². The lowest BCUT2D eigenvalue weighted by molar-refractivity contribution is 0.806. The van der Waals surface area contributed by atoms with Gasteiger partial charge in [0.1, 0.15) is 0 Å². The summed E-state index contributed by atoms with van der Waals surface area (Å²) >= 11 is 0. The third-order valence-corrected chi connectivity index (χ3v) is 3.26. The van der Waals surface area contributed by atoms with Crippen LogP contribution in [0.3, 0.4) is 0 Å². The fraction of sp³-hybridized carbons (Fsp3) is 0.188. The first-order chi connectivity index (χ1) is 10.3. The van der Waals surface area contributed by atoms with Gasteiger partial charge in [0.2, 0.25) is 0 Å². The van der Waals surface area contributed by atoms with E-state index in [9.17, 15) is 0 Å². The Morgan fingerprint density at radius 1 is 1.05 bits per heavy atom. The quantitative estimate of drug-likeness (QED) is 0.796. The molecular formula is C16H17N5. The molecule has 5 nitrogen and oxygen atoms in total. The molecule has 0 spiro atoms. The van der Waals surface area contributed by atoms with Crippen molar-refractivity contribution in [2.24, 2.45) is 0 Å². The van der Waals surface area contributed by atoms with Crippen LogP contribution in [-0.2, 0) is 6.54 Å². The zero-order valence-electron chi connectivity index (χ0n) is 12.1. The van der Waals surface area contributed by atoms with Crippen molar-refractivity contribution in [3.8, 4) is 17.1 Å². The molecule has 0 bridgehead atoms. The number of rotatable bonds is 4. The first kappa shape index (κ1) is 13.5. The predicted octanol–water partition coefficient (Wildman–Crippen LogP) is 2.36. The number of nitrogens with one attached hydrogen (secondary N) is 1. The number of aryl methyl sites for hydroxylation is 1. The number of benzene rings is 1. The van der Waals surface area contributed by atoms with Gasteiger partial charge in [-0.25, -0.2) is 4.68 Å². The lowest BCUT2D eigenvalue weighted by atomic mass is 10.1. The summed E-state index contributed by atoms with van der Waals surface area (Å²) in [6, 6.07) is 14.1. The van der Waals surface area contributed by atoms with Crippen molar-refractivity contribution in [1.82, 2.24) is 25.3 Å². The molecule has 0 saturated heterocycles. The summed E-state index contributed by atoms with van der Waals surface area (Å²) in [6.45, 7) is 2.67. The summed E-state index contributed by atoms with van der Waals surface area (Å²) in [4.78, 5) is 0. The SMILES string of the molecule is CNCc1cnn(-c2ccc(C)nn2)c1-c1ccccc1. The normalized spacial score (nSPS) is 10.8. The molecule has 3 rings (SSSR count). The topological polar surface area (TPSA) is 55.6 Å². The lowest BCUT2D eigenvalue weighted by Gasteiger charge is -2.09. The largest absolute Gasteiger partial charge is 0.316 e. The highest BCUT2D eigenvalue weighted by Crippen LogP contribution is 2.25. The zero-order chi connectivity index (χ0) is 14.7. The van der Waals surface area contributed by atoms with E-state index in [1.54, 1.807) is 0 Å². The Labute approximate surface area is 123 Å². The molecule has 0 aliphatic heterocycles. The van der Waals surface area contributed by atoms with Gasteiger partial charge in [0.15, 0.2) is 5.82 Å². The maximum atomic E-state index is 4.49. The molecule has 0 atom stereocenters. The second kappa shape index (κ2) is 5.85. The van der Waals surface area contributed by atoms with Crippen LogP contribution in [-0.4, -0.2) is 27.0 Å². The molecule has 0 fully saturated rings. The van der Waals surface area contributed by atoms with E-state index < -0.39 is 0 Å². The second-order valence-corrected chi connectivity index (χ2v) is 4.86. The average Bonchev–Trinajstić information content (AvgIpc) is 2.93. The van der Waals surface area contributed by atoms with Crippen LogP contribution in [0.15, 0.2) is 48.7 Å². The summed E-state index contributed by atoms with van der Waals surface area (Å²) < 4.78 is 1.84. The minimum atomic E-state index is 0.724. The molecule has 3 aromatic rings. The highest BCUT2D eigenvalue weighted by atomic mass is 15.3. The van der Waals surface area contributed by atoms with Gasteiger partial charge in [-0.15, -0.1) is 5.10 Å². The van der Waals surface area contributed by atoms with E-state index in [0.717, 1.165) is 34.9 Å². The van der Waals surface area contributed by atoms with Gasteiger partial charge in [-0.3, -0.25) is 0 Å². The molecule has 0 unspecified atom stereocenters. The van der Waals surface area contributed by atoms with Gasteiger partial charge in [0, 0.05) is 17.7 Å². The molecule has 1 N–H and O–H groups in total. The van der Waals surface area contributed by atoms with Crippen molar-refractivity contribution in [1.29, 1.82) is 0 Å². The van der Waals surface area contributed by atoms with Crippen molar-refractivity contribution in [3.63, 3.8) is 0 Å². The molecule has 0 radical (unpaired) electrons. The van der Waals surface area contributed by atoms with Gasteiger partial charge >= 0.3 is 0 Å². The van der Waals surface area contributed by atoms with Gasteiger partial charge in [-0.1, -0.05) is 30.3 Å². The summed E-state index contributed by atoms with van der Waals surface area (Å²) in [5, 5.41) is 16.0. The molecule has 106 valence electrons. The van der Waals surface area contributed by atoms with Crippen LogP contribution in [0.4, 0.5) is 0 Å². The third-order valence-electron chi connectivity index (χ3n) is 3.26. The van der Waals surface area contributed by atoms with E-state index in [-0.39, 0.29) is 0 Å². The predicted molar refractivity (Wildman–Crippen MR) is 82.1 cm³/mol. The smallest absolute Gasteiger partial charge is 0.176 e. The van der Waals surface area contributed by atoms with Crippen molar-refractivity contribution in [3.05, 3.63) is 59.9 Å². The fourth-order valence-corrected chi connectivity index (χ4v) is 2.28. The minimum Gasteiger partial charge on any atom is -0.316 e. The van der Waals surface area contributed by atoms with E-state index in [2.05, 4.69) is 32.7 Å². The Hall–Kier alpha value is -2.53. The van der Waals surface area contributed by atoms with Crippen LogP contribution < -0.4 is 5.32 Å². The van der Waals surface area contributed by atoms with Crippen LogP contribution in [0.1, 0.15) is 11.3 Å². The van der Waals surface area contributed by atoms with E-state index in [1.807, 2.05) is 55.2 Å². The molecule has 0 aliphatic carbocycles. The first-order valence-electron chi connectivity index (χ1n) is 6.87. The van der Waals surface area contributed by atoms with Gasteiger partial charge < -0.3 is 5.32 Å². The van der Waals surface area contributed by atoms with Crippen molar-refractivity contribution in [2.75, 3.05) is 7.05 Å². The Kier molecular flexibility index (Phi) is 3.75. The highest BCUT2D eigenvalue weighted by Gasteiger charge is 2.14. The molecule has 21 heavy (non-hydrogen) atoms. The Morgan fingerprint density at radius 2 is 1.86 bits per heavy atom. The van der Waals surface area contributed by atoms with Gasteiger partial charge in [-0.05, 0) is 26.1 Å². The van der Waals surface area contributed by atoms with Crippen molar-refractivity contribution >= 4 is 0 Å². The van der Waals surface area contributed by atoms with Gasteiger partial charge in [0.25, 0.3) is 0 Å². The lowest BCUT2D eigenvalue weighted by Crippen LogP contribution is -2.08. The highest BCUT2D eigenvalue weighted by molar-refractivity contribution is 5.65. The van der Waals surface area contributed by atoms with Crippen LogP contribution >= 0.6 is 0 Å². The van der Waals surface area contributed by atoms with E-state index in [4.69, 9.17) is 0 Å². The van der Waals surface area contributed by atoms with Gasteiger partial charge in [0.05, 0.1) is 17.6 Å². The Balaban J connectivity index is 2.15. The molecule has 0 saturated carbocycles. The summed E-state index contributed by atoms with van der Waals surface area (Å²) in [7, 11) is 1.93. The zero-order valence-corrected chi connectivity index (χ0v) is 12.1. The molecule has 2 aromatic heterocycles. The fourth-order valence-electron chi connectivity index (χ4n) is 2.28. The number of aromatic nitrogens is 4. The molecule has 0 amide bonds. The second-order valence-electron chi connectivity index (χ2n) is 4.86. The van der Waals surface area contributed by atoms with Gasteiger partial charge in [-0.2, -0.15) is 10.2 Å². The summed E-state index contributed by atoms with van der Waals surface area (Å²) in [5.74, 6) is 0.724. The van der Waals surface area contributed by atoms with E-state index in [0.29, 0.717) is 0 Å². The van der Waals surface area contributed by atoms with Crippen molar-refractivity contribution in [2.45, 2.75) is 13.5 Å². The third kappa shape index (κ3) is 2.68. The average molecular weight is 279 g/mol. The number of hydrogen-bond acceptors (Lipinski definition) is 4. The standard InChI is InChI=1S/C16H17N5/c1-12-8-9-15(20-19-12)21-16(13-6-4-3-5-7-13)14(10-17-2)11-18-21/h3-9,11,17H,10H2,1-2H3. The number of hydrogen-bond donors (Lipinski definition) is 1. The maximum absolute atomic E-state index is 4.49. The van der Waals surface area contributed by atoms with E-state index in [1.165, 1.54) is 0 Å². The Bertz CT molecular complexity index is 716. The first-order valence-corrected chi connectivity index (χ1v) is 6.87. The van der Waals surface area contributed by atoms with Crippen molar-refractivity contribution < 1.29 is 0 Å². The molecule has 2 heterocycles. The maximum Gasteiger partial charge on any atom is 0.176 e. The summed E-state index contributed by atoms with van der Waals surface area (Å²) in [6.07, 6.45) is 1.88. The molecule has 1 aromatic carbocycles.